The molecule has 0 bridgehead atoms. The van der Waals surface area contributed by atoms with Gasteiger partial charge in [0.1, 0.15) is 6.54 Å². The number of carbonyl (C=O) groups is 1. The minimum absolute atomic E-state index is 0.0744. The van der Waals surface area contributed by atoms with E-state index >= 15 is 0 Å². The van der Waals surface area contributed by atoms with Crippen LogP contribution in [0.5, 0.6) is 11.5 Å². The Morgan fingerprint density at radius 1 is 0.811 bits per heavy atom. The van der Waals surface area contributed by atoms with Gasteiger partial charge in [0, 0.05) is 17.3 Å². The number of ether oxygens (including phenoxy) is 2. The number of benzene rings is 4. The van der Waals surface area contributed by atoms with E-state index in [2.05, 4.69) is 5.32 Å². The average Bonchev–Trinajstić information content (AvgIpc) is 2.92. The lowest BCUT2D eigenvalue weighted by Gasteiger charge is -2.25. The zero-order chi connectivity index (χ0) is 26.4. The van der Waals surface area contributed by atoms with Gasteiger partial charge in [0.2, 0.25) is 5.91 Å². The van der Waals surface area contributed by atoms with Gasteiger partial charge in [-0.3, -0.25) is 9.10 Å². The zero-order valence-corrected chi connectivity index (χ0v) is 21.7. The Bertz CT molecular complexity index is 1490. The van der Waals surface area contributed by atoms with Crippen LogP contribution < -0.4 is 19.1 Å². The standard InChI is InChI=1S/C29H28N2O5S/c1-21-13-16-24(17-14-21)37(33,34)31(23-15-18-27(35-2)28(19-23)36-3)20-29(32)30-26-12-8-7-11-25(26)22-9-5-4-6-10-22/h4-19H,20H2,1-3H3,(H,30,32). The van der Waals surface area contributed by atoms with Gasteiger partial charge >= 0.3 is 0 Å². The topological polar surface area (TPSA) is 84.9 Å². The van der Waals surface area contributed by atoms with E-state index in [0.717, 1.165) is 21.0 Å². The van der Waals surface area contributed by atoms with E-state index in [1.165, 1.54) is 32.4 Å². The molecule has 0 aromatic heterocycles. The summed E-state index contributed by atoms with van der Waals surface area (Å²) in [5.41, 5.74) is 3.54. The van der Waals surface area contributed by atoms with Gasteiger partial charge in [0.05, 0.1) is 24.8 Å². The molecule has 7 nitrogen and oxygen atoms in total. The van der Waals surface area contributed by atoms with Crippen LogP contribution in [-0.4, -0.2) is 35.1 Å². The van der Waals surface area contributed by atoms with Crippen LogP contribution in [0.2, 0.25) is 0 Å². The first-order valence-electron chi connectivity index (χ1n) is 11.6. The lowest BCUT2D eigenvalue weighted by molar-refractivity contribution is -0.114. The van der Waals surface area contributed by atoms with Gasteiger partial charge in [-0.15, -0.1) is 0 Å². The first-order valence-corrected chi connectivity index (χ1v) is 13.0. The number of anilines is 2. The molecule has 0 aliphatic heterocycles. The van der Waals surface area contributed by atoms with Crippen LogP contribution in [0.1, 0.15) is 5.56 Å². The van der Waals surface area contributed by atoms with Crippen molar-refractivity contribution in [2.45, 2.75) is 11.8 Å². The third-order valence-corrected chi connectivity index (χ3v) is 7.63. The summed E-state index contributed by atoms with van der Waals surface area (Å²) in [6.07, 6.45) is 0. The molecule has 8 heteroatoms. The quantitative estimate of drug-likeness (QED) is 0.317. The van der Waals surface area contributed by atoms with Crippen molar-refractivity contribution in [3.05, 3.63) is 103 Å². The third kappa shape index (κ3) is 5.76. The lowest BCUT2D eigenvalue weighted by Crippen LogP contribution is -2.38. The summed E-state index contributed by atoms with van der Waals surface area (Å²) in [6, 6.07) is 28.3. The van der Waals surface area contributed by atoms with E-state index in [-0.39, 0.29) is 10.6 Å². The Kier molecular flexibility index (Phi) is 7.79. The van der Waals surface area contributed by atoms with Gasteiger partial charge < -0.3 is 14.8 Å². The molecule has 0 spiro atoms. The predicted octanol–water partition coefficient (Wildman–Crippen LogP) is 5.51. The Balaban J connectivity index is 1.71. The van der Waals surface area contributed by atoms with Crippen molar-refractivity contribution in [2.24, 2.45) is 0 Å². The number of methoxy groups -OCH3 is 2. The molecule has 1 N–H and O–H groups in total. The largest absolute Gasteiger partial charge is 0.493 e. The number of sulfonamides is 1. The maximum Gasteiger partial charge on any atom is 0.264 e. The fourth-order valence-corrected chi connectivity index (χ4v) is 5.33. The molecule has 0 fully saturated rings. The zero-order valence-electron chi connectivity index (χ0n) is 20.8. The monoisotopic (exact) mass is 516 g/mol. The van der Waals surface area contributed by atoms with Crippen LogP contribution in [0, 0.1) is 6.92 Å². The molecule has 0 aliphatic rings. The molecule has 0 radical (unpaired) electrons. The van der Waals surface area contributed by atoms with Gasteiger partial charge in [0.25, 0.3) is 10.0 Å². The number of hydrogen-bond donors (Lipinski definition) is 1. The maximum absolute atomic E-state index is 13.7. The molecule has 0 unspecified atom stereocenters. The first-order chi connectivity index (χ1) is 17.8. The Morgan fingerprint density at radius 2 is 1.46 bits per heavy atom. The van der Waals surface area contributed by atoms with Crippen molar-refractivity contribution in [1.82, 2.24) is 0 Å². The van der Waals surface area contributed by atoms with E-state index in [4.69, 9.17) is 9.47 Å². The number of carbonyl (C=O) groups excluding carboxylic acids is 1. The van der Waals surface area contributed by atoms with Crippen molar-refractivity contribution in [1.29, 1.82) is 0 Å². The van der Waals surface area contributed by atoms with Crippen LogP contribution in [0.15, 0.2) is 102 Å². The summed E-state index contributed by atoms with van der Waals surface area (Å²) in [5, 5.41) is 2.89. The van der Waals surface area contributed by atoms with Crippen molar-refractivity contribution in [3.63, 3.8) is 0 Å². The molecule has 0 heterocycles. The summed E-state index contributed by atoms with van der Waals surface area (Å²) in [4.78, 5) is 13.4. The van der Waals surface area contributed by atoms with Crippen LogP contribution >= 0.6 is 0 Å². The molecule has 0 aliphatic carbocycles. The van der Waals surface area contributed by atoms with Crippen LogP contribution in [0.4, 0.5) is 11.4 Å². The van der Waals surface area contributed by atoms with Gasteiger partial charge in [-0.1, -0.05) is 66.2 Å². The van der Waals surface area contributed by atoms with E-state index in [9.17, 15) is 13.2 Å². The normalized spacial score (nSPS) is 11.0. The maximum atomic E-state index is 13.7. The van der Waals surface area contributed by atoms with Crippen molar-refractivity contribution < 1.29 is 22.7 Å². The third-order valence-electron chi connectivity index (χ3n) is 5.84. The number of rotatable bonds is 9. The van der Waals surface area contributed by atoms with Gasteiger partial charge in [-0.05, 0) is 42.8 Å². The SMILES string of the molecule is COc1ccc(N(CC(=O)Nc2ccccc2-c2ccccc2)S(=O)(=O)c2ccc(C)cc2)cc1OC. The minimum Gasteiger partial charge on any atom is -0.493 e. The molecule has 4 aromatic rings. The molecule has 0 atom stereocenters. The van der Waals surface area contributed by atoms with E-state index in [1.807, 2.05) is 55.5 Å². The second-order valence-corrected chi connectivity index (χ2v) is 10.2. The van der Waals surface area contributed by atoms with E-state index < -0.39 is 22.5 Å². The number of hydrogen-bond acceptors (Lipinski definition) is 5. The molecule has 0 saturated heterocycles. The summed E-state index contributed by atoms with van der Waals surface area (Å²) in [5.74, 6) is 0.299. The summed E-state index contributed by atoms with van der Waals surface area (Å²) < 4.78 is 39.2. The second kappa shape index (κ2) is 11.2. The van der Waals surface area contributed by atoms with Gasteiger partial charge in [-0.2, -0.15) is 0 Å². The second-order valence-electron chi connectivity index (χ2n) is 8.32. The Labute approximate surface area is 217 Å². The average molecular weight is 517 g/mol. The highest BCUT2D eigenvalue weighted by Gasteiger charge is 2.28. The fraction of sp³-hybridized carbons (Fsp3) is 0.138. The molecular weight excluding hydrogens is 488 g/mol. The molecular formula is C29H28N2O5S. The molecule has 1 amide bonds. The van der Waals surface area contributed by atoms with Crippen molar-refractivity contribution in [3.8, 4) is 22.6 Å². The highest BCUT2D eigenvalue weighted by atomic mass is 32.2. The highest BCUT2D eigenvalue weighted by molar-refractivity contribution is 7.92. The Morgan fingerprint density at radius 3 is 2.14 bits per heavy atom. The summed E-state index contributed by atoms with van der Waals surface area (Å²) in [6.45, 7) is 1.43. The molecule has 4 aromatic carbocycles. The smallest absolute Gasteiger partial charge is 0.264 e. The first kappa shape index (κ1) is 25.8. The van der Waals surface area contributed by atoms with E-state index in [0.29, 0.717) is 17.2 Å². The fourth-order valence-electron chi connectivity index (χ4n) is 3.91. The molecule has 4 rings (SSSR count). The molecule has 0 saturated carbocycles. The van der Waals surface area contributed by atoms with Crippen LogP contribution in [0.3, 0.4) is 0 Å². The van der Waals surface area contributed by atoms with Crippen LogP contribution in [0.25, 0.3) is 11.1 Å². The number of amides is 1. The number of nitrogens with zero attached hydrogens (tertiary/aromatic N) is 1. The molecule has 37 heavy (non-hydrogen) atoms. The number of aryl methyl sites for hydroxylation is 1. The predicted molar refractivity (Wildman–Crippen MR) is 146 cm³/mol. The minimum atomic E-state index is -4.09. The molecule has 190 valence electrons. The number of nitrogens with one attached hydrogen (secondary N) is 1. The highest BCUT2D eigenvalue weighted by Crippen LogP contribution is 2.34. The lowest BCUT2D eigenvalue weighted by atomic mass is 10.0. The number of para-hydroxylation sites is 1. The van der Waals surface area contributed by atoms with E-state index in [1.54, 1.807) is 30.3 Å². The van der Waals surface area contributed by atoms with Crippen molar-refractivity contribution >= 4 is 27.3 Å². The van der Waals surface area contributed by atoms with Gasteiger partial charge in [0.15, 0.2) is 11.5 Å². The van der Waals surface area contributed by atoms with Crippen molar-refractivity contribution in [2.75, 3.05) is 30.4 Å². The Hall–Kier alpha value is -4.30. The van der Waals surface area contributed by atoms with Crippen LogP contribution in [-0.2, 0) is 14.8 Å². The summed E-state index contributed by atoms with van der Waals surface area (Å²) in [7, 11) is -1.13. The summed E-state index contributed by atoms with van der Waals surface area (Å²) >= 11 is 0. The van der Waals surface area contributed by atoms with Gasteiger partial charge in [-0.25, -0.2) is 8.42 Å².